The molecule has 0 aliphatic carbocycles. The minimum atomic E-state index is 0.150. The molecule has 0 amide bonds. The van der Waals surface area contributed by atoms with E-state index in [0.29, 0.717) is 11.5 Å². The lowest BCUT2D eigenvalue weighted by molar-refractivity contribution is 0.242. The Hall–Kier alpha value is -2.63. The molecule has 0 spiro atoms. The van der Waals surface area contributed by atoms with Crippen molar-refractivity contribution < 1.29 is 4.74 Å². The molecule has 102 valence electrons. The molecule has 0 radical (unpaired) electrons. The van der Waals surface area contributed by atoms with Gasteiger partial charge in [0.1, 0.15) is 5.75 Å². The van der Waals surface area contributed by atoms with Gasteiger partial charge in [-0.15, -0.1) is 5.10 Å². The van der Waals surface area contributed by atoms with Crippen molar-refractivity contribution in [3.8, 4) is 17.1 Å². The Morgan fingerprint density at radius 3 is 2.60 bits per heavy atom. The smallest absolute Gasteiger partial charge is 0.240 e. The lowest BCUT2D eigenvalue weighted by atomic mass is 10.2. The van der Waals surface area contributed by atoms with Crippen molar-refractivity contribution in [1.82, 2.24) is 19.6 Å². The van der Waals surface area contributed by atoms with Crippen LogP contribution in [0.2, 0.25) is 0 Å². The number of hydrogen-bond acceptors (Lipinski definition) is 5. The summed E-state index contributed by atoms with van der Waals surface area (Å²) in [5.74, 6) is 1.76. The second-order valence-corrected chi connectivity index (χ2v) is 4.70. The van der Waals surface area contributed by atoms with Gasteiger partial charge < -0.3 is 10.5 Å². The fourth-order valence-electron chi connectivity index (χ4n) is 1.99. The summed E-state index contributed by atoms with van der Waals surface area (Å²) in [5.41, 5.74) is 7.23. The van der Waals surface area contributed by atoms with Crippen molar-refractivity contribution >= 4 is 11.6 Å². The molecule has 3 rings (SSSR count). The van der Waals surface area contributed by atoms with E-state index in [0.717, 1.165) is 11.3 Å². The van der Waals surface area contributed by atoms with E-state index >= 15 is 0 Å². The van der Waals surface area contributed by atoms with E-state index in [2.05, 4.69) is 15.1 Å². The molecule has 0 atom stereocenters. The molecule has 0 aliphatic heterocycles. The van der Waals surface area contributed by atoms with Gasteiger partial charge >= 0.3 is 0 Å². The molecule has 6 heteroatoms. The molecule has 0 aliphatic rings. The van der Waals surface area contributed by atoms with E-state index in [-0.39, 0.29) is 12.1 Å². The molecule has 0 unspecified atom stereocenters. The molecule has 2 heterocycles. The molecular weight excluding hydrogens is 254 g/mol. The summed E-state index contributed by atoms with van der Waals surface area (Å²) in [7, 11) is 0. The topological polar surface area (TPSA) is 78.3 Å². The van der Waals surface area contributed by atoms with Gasteiger partial charge in [-0.1, -0.05) is 0 Å². The Morgan fingerprint density at radius 2 is 1.90 bits per heavy atom. The van der Waals surface area contributed by atoms with Gasteiger partial charge in [-0.05, 0) is 38.1 Å². The number of nitrogens with zero attached hydrogens (tertiary/aromatic N) is 4. The van der Waals surface area contributed by atoms with Gasteiger partial charge in [-0.25, -0.2) is 4.98 Å². The van der Waals surface area contributed by atoms with Gasteiger partial charge in [-0.2, -0.15) is 9.50 Å². The van der Waals surface area contributed by atoms with Crippen LogP contribution >= 0.6 is 0 Å². The highest BCUT2D eigenvalue weighted by atomic mass is 16.5. The van der Waals surface area contributed by atoms with Crippen LogP contribution in [0, 0.1) is 0 Å². The molecule has 2 aromatic heterocycles. The van der Waals surface area contributed by atoms with Crippen LogP contribution in [0.4, 0.5) is 5.95 Å². The fourth-order valence-corrected chi connectivity index (χ4v) is 1.99. The van der Waals surface area contributed by atoms with Crippen LogP contribution < -0.4 is 10.5 Å². The van der Waals surface area contributed by atoms with E-state index in [1.165, 1.54) is 0 Å². The third-order valence-corrected chi connectivity index (χ3v) is 2.75. The first kappa shape index (κ1) is 12.4. The SMILES string of the molecule is CC(C)Oc1ccc(-c2nccc3nc(N)nn23)cc1. The number of anilines is 1. The third kappa shape index (κ3) is 2.27. The van der Waals surface area contributed by atoms with Crippen molar-refractivity contribution in [2.24, 2.45) is 0 Å². The van der Waals surface area contributed by atoms with Crippen LogP contribution in [0.3, 0.4) is 0 Å². The third-order valence-electron chi connectivity index (χ3n) is 2.75. The molecule has 20 heavy (non-hydrogen) atoms. The highest BCUT2D eigenvalue weighted by molar-refractivity contribution is 5.60. The summed E-state index contributed by atoms with van der Waals surface area (Å²) in [6.07, 6.45) is 1.84. The number of aromatic nitrogens is 4. The van der Waals surface area contributed by atoms with Crippen LogP contribution in [-0.4, -0.2) is 25.7 Å². The van der Waals surface area contributed by atoms with Crippen molar-refractivity contribution in [1.29, 1.82) is 0 Å². The van der Waals surface area contributed by atoms with Crippen molar-refractivity contribution in [3.05, 3.63) is 36.5 Å². The number of ether oxygens (including phenoxy) is 1. The van der Waals surface area contributed by atoms with Gasteiger partial charge in [-0.3, -0.25) is 0 Å². The second kappa shape index (κ2) is 4.80. The average Bonchev–Trinajstić information content (AvgIpc) is 2.79. The van der Waals surface area contributed by atoms with E-state index < -0.39 is 0 Å². The van der Waals surface area contributed by atoms with Gasteiger partial charge in [0.15, 0.2) is 11.5 Å². The predicted molar refractivity (Wildman–Crippen MR) is 76.4 cm³/mol. The van der Waals surface area contributed by atoms with Crippen LogP contribution in [0.25, 0.3) is 17.0 Å². The Kier molecular flexibility index (Phi) is 2.98. The minimum absolute atomic E-state index is 0.150. The first-order chi connectivity index (χ1) is 9.63. The Morgan fingerprint density at radius 1 is 1.15 bits per heavy atom. The first-order valence-electron chi connectivity index (χ1n) is 6.38. The standard InChI is InChI=1S/C14H15N5O/c1-9(2)20-11-5-3-10(4-6-11)13-16-8-7-12-17-14(15)18-19(12)13/h3-9H,1-2H3,(H2,15,18). The van der Waals surface area contributed by atoms with Crippen LogP contribution in [0.5, 0.6) is 5.75 Å². The van der Waals surface area contributed by atoms with Crippen molar-refractivity contribution in [2.45, 2.75) is 20.0 Å². The molecular formula is C14H15N5O. The predicted octanol–water partition coefficient (Wildman–Crippen LogP) is 2.16. The number of nitrogens with two attached hydrogens (primary N) is 1. The molecule has 2 N–H and O–H groups in total. The highest BCUT2D eigenvalue weighted by Gasteiger charge is 2.08. The van der Waals surface area contributed by atoms with Gasteiger partial charge in [0, 0.05) is 17.8 Å². The lowest BCUT2D eigenvalue weighted by Crippen LogP contribution is -2.05. The lowest BCUT2D eigenvalue weighted by Gasteiger charge is -2.10. The zero-order valence-electron chi connectivity index (χ0n) is 11.3. The summed E-state index contributed by atoms with van der Waals surface area (Å²) < 4.78 is 7.25. The summed E-state index contributed by atoms with van der Waals surface area (Å²) >= 11 is 0. The summed E-state index contributed by atoms with van der Waals surface area (Å²) in [5, 5.41) is 4.15. The summed E-state index contributed by atoms with van der Waals surface area (Å²) in [6, 6.07) is 9.48. The van der Waals surface area contributed by atoms with Crippen molar-refractivity contribution in [3.63, 3.8) is 0 Å². The summed E-state index contributed by atoms with van der Waals surface area (Å²) in [6.45, 7) is 3.99. The van der Waals surface area contributed by atoms with Crippen LogP contribution in [-0.2, 0) is 0 Å². The molecule has 0 fully saturated rings. The van der Waals surface area contributed by atoms with Gasteiger partial charge in [0.05, 0.1) is 6.10 Å². The van der Waals surface area contributed by atoms with Gasteiger partial charge in [0.25, 0.3) is 0 Å². The maximum atomic E-state index is 5.63. The van der Waals surface area contributed by atoms with Crippen molar-refractivity contribution in [2.75, 3.05) is 5.73 Å². The summed E-state index contributed by atoms with van der Waals surface area (Å²) in [4.78, 5) is 8.47. The highest BCUT2D eigenvalue weighted by Crippen LogP contribution is 2.21. The fraction of sp³-hybridized carbons (Fsp3) is 0.214. The molecule has 3 aromatic rings. The van der Waals surface area contributed by atoms with Gasteiger partial charge in [0.2, 0.25) is 5.95 Å². The first-order valence-corrected chi connectivity index (χ1v) is 6.38. The molecule has 6 nitrogen and oxygen atoms in total. The second-order valence-electron chi connectivity index (χ2n) is 4.70. The molecule has 0 saturated carbocycles. The minimum Gasteiger partial charge on any atom is -0.491 e. The number of benzene rings is 1. The molecule has 0 bridgehead atoms. The van der Waals surface area contributed by atoms with E-state index in [9.17, 15) is 0 Å². The van der Waals surface area contributed by atoms with E-state index in [4.69, 9.17) is 10.5 Å². The van der Waals surface area contributed by atoms with E-state index in [1.807, 2.05) is 38.1 Å². The van der Waals surface area contributed by atoms with Crippen LogP contribution in [0.1, 0.15) is 13.8 Å². The number of nitrogen functional groups attached to an aromatic ring is 1. The zero-order chi connectivity index (χ0) is 14.1. The molecule has 0 saturated heterocycles. The Bertz CT molecular complexity index is 733. The number of fused-ring (bicyclic) bond motifs is 1. The maximum Gasteiger partial charge on any atom is 0.240 e. The average molecular weight is 269 g/mol. The van der Waals surface area contributed by atoms with E-state index in [1.54, 1.807) is 16.8 Å². The molecule has 1 aromatic carbocycles. The Labute approximate surface area is 116 Å². The number of rotatable bonds is 3. The largest absolute Gasteiger partial charge is 0.491 e. The van der Waals surface area contributed by atoms with Crippen LogP contribution in [0.15, 0.2) is 36.5 Å². The Balaban J connectivity index is 2.02. The normalized spacial score (nSPS) is 11.2. The maximum absolute atomic E-state index is 5.63. The number of hydrogen-bond donors (Lipinski definition) is 1. The monoisotopic (exact) mass is 269 g/mol. The zero-order valence-corrected chi connectivity index (χ0v) is 11.3. The quantitative estimate of drug-likeness (QED) is 0.788.